The Morgan fingerprint density at radius 1 is 1.38 bits per heavy atom. The first-order valence-electron chi connectivity index (χ1n) is 4.94. The van der Waals surface area contributed by atoms with Gasteiger partial charge < -0.3 is 5.11 Å². The second-order valence-electron chi connectivity index (χ2n) is 3.72. The highest BCUT2D eigenvalue weighted by Crippen LogP contribution is 2.31. The molecule has 1 aliphatic rings. The second-order valence-corrected chi connectivity index (χ2v) is 6.23. The third-order valence-electron chi connectivity index (χ3n) is 2.97. The van der Waals surface area contributed by atoms with Crippen LogP contribution < -0.4 is 0 Å². The Labute approximate surface area is 80.1 Å². The molecular weight excluding hydrogens is 188 g/mol. The highest BCUT2D eigenvalue weighted by Gasteiger charge is 2.33. The van der Waals surface area contributed by atoms with Crippen LogP contribution in [0.2, 0.25) is 0 Å². The molecule has 4 heteroatoms. The SMILES string of the molecule is CCS(=O)(=O)[C@@H](CO)C1CCCC1. The van der Waals surface area contributed by atoms with Crippen molar-refractivity contribution >= 4 is 9.84 Å². The van der Waals surface area contributed by atoms with E-state index < -0.39 is 15.1 Å². The smallest absolute Gasteiger partial charge is 0.155 e. The Kier molecular flexibility index (Phi) is 3.74. The summed E-state index contributed by atoms with van der Waals surface area (Å²) in [6, 6.07) is 0. The summed E-state index contributed by atoms with van der Waals surface area (Å²) in [6.07, 6.45) is 4.15. The zero-order valence-electron chi connectivity index (χ0n) is 8.07. The molecule has 1 saturated carbocycles. The Hall–Kier alpha value is -0.0900. The van der Waals surface area contributed by atoms with E-state index in [1.807, 2.05) is 0 Å². The van der Waals surface area contributed by atoms with Gasteiger partial charge in [0.25, 0.3) is 0 Å². The van der Waals surface area contributed by atoms with E-state index in [-0.39, 0.29) is 18.3 Å². The van der Waals surface area contributed by atoms with E-state index in [9.17, 15) is 8.42 Å². The first-order valence-corrected chi connectivity index (χ1v) is 6.65. The molecule has 0 aromatic carbocycles. The van der Waals surface area contributed by atoms with Crippen LogP contribution in [0.15, 0.2) is 0 Å². The van der Waals surface area contributed by atoms with Crippen LogP contribution in [0.25, 0.3) is 0 Å². The molecule has 0 aromatic rings. The fraction of sp³-hybridized carbons (Fsp3) is 1.00. The quantitative estimate of drug-likeness (QED) is 0.745. The van der Waals surface area contributed by atoms with Crippen molar-refractivity contribution in [2.75, 3.05) is 12.4 Å². The van der Waals surface area contributed by atoms with Gasteiger partial charge in [0.1, 0.15) is 0 Å². The van der Waals surface area contributed by atoms with Crippen LogP contribution in [0.5, 0.6) is 0 Å². The van der Waals surface area contributed by atoms with E-state index in [0.717, 1.165) is 25.7 Å². The molecule has 0 amide bonds. The summed E-state index contributed by atoms with van der Waals surface area (Å²) in [4.78, 5) is 0. The fourth-order valence-corrected chi connectivity index (χ4v) is 3.61. The lowest BCUT2D eigenvalue weighted by Crippen LogP contribution is -2.33. The minimum atomic E-state index is -3.04. The van der Waals surface area contributed by atoms with Crippen molar-refractivity contribution in [3.05, 3.63) is 0 Å². The van der Waals surface area contributed by atoms with Crippen LogP contribution in [-0.2, 0) is 9.84 Å². The third-order valence-corrected chi connectivity index (χ3v) is 5.23. The molecular formula is C9H18O3S. The van der Waals surface area contributed by atoms with E-state index in [1.54, 1.807) is 6.92 Å². The maximum absolute atomic E-state index is 11.6. The fourth-order valence-electron chi connectivity index (χ4n) is 2.10. The van der Waals surface area contributed by atoms with Crippen molar-refractivity contribution in [2.24, 2.45) is 5.92 Å². The van der Waals surface area contributed by atoms with Gasteiger partial charge in [0.2, 0.25) is 0 Å². The molecule has 1 rings (SSSR count). The van der Waals surface area contributed by atoms with Crippen molar-refractivity contribution in [2.45, 2.75) is 37.9 Å². The molecule has 0 unspecified atom stereocenters. The molecule has 0 aromatic heterocycles. The topological polar surface area (TPSA) is 54.4 Å². The Bertz CT molecular complexity index is 240. The van der Waals surface area contributed by atoms with Gasteiger partial charge in [0.05, 0.1) is 11.9 Å². The summed E-state index contributed by atoms with van der Waals surface area (Å²) in [5, 5.41) is 8.57. The third kappa shape index (κ3) is 2.44. The molecule has 0 heterocycles. The van der Waals surface area contributed by atoms with Crippen molar-refractivity contribution in [1.82, 2.24) is 0 Å². The molecule has 78 valence electrons. The number of hydrogen-bond donors (Lipinski definition) is 1. The van der Waals surface area contributed by atoms with Crippen molar-refractivity contribution in [3.8, 4) is 0 Å². The molecule has 1 atom stereocenters. The Morgan fingerprint density at radius 2 is 1.92 bits per heavy atom. The van der Waals surface area contributed by atoms with Gasteiger partial charge in [-0.05, 0) is 18.8 Å². The van der Waals surface area contributed by atoms with Crippen molar-refractivity contribution in [1.29, 1.82) is 0 Å². The summed E-state index contributed by atoms with van der Waals surface area (Å²) in [5.41, 5.74) is 0. The Balaban J connectivity index is 2.71. The molecule has 1 fully saturated rings. The van der Waals surface area contributed by atoms with Crippen LogP contribution >= 0.6 is 0 Å². The normalized spacial score (nSPS) is 22.0. The monoisotopic (exact) mass is 206 g/mol. The molecule has 1 aliphatic carbocycles. The van der Waals surface area contributed by atoms with E-state index in [2.05, 4.69) is 0 Å². The zero-order chi connectivity index (χ0) is 9.90. The number of sulfone groups is 1. The molecule has 0 aliphatic heterocycles. The van der Waals surface area contributed by atoms with Gasteiger partial charge >= 0.3 is 0 Å². The minimum absolute atomic E-state index is 0.148. The summed E-state index contributed by atoms with van der Waals surface area (Å²) in [6.45, 7) is 1.44. The first-order chi connectivity index (χ1) is 6.11. The second kappa shape index (κ2) is 4.42. The molecule has 1 N–H and O–H groups in total. The summed E-state index contributed by atoms with van der Waals surface area (Å²) in [7, 11) is -3.04. The van der Waals surface area contributed by atoms with E-state index in [0.29, 0.717) is 0 Å². The van der Waals surface area contributed by atoms with Crippen molar-refractivity contribution < 1.29 is 13.5 Å². The maximum atomic E-state index is 11.6. The molecule has 0 spiro atoms. The largest absolute Gasteiger partial charge is 0.395 e. The average molecular weight is 206 g/mol. The van der Waals surface area contributed by atoms with Crippen LogP contribution in [0.3, 0.4) is 0 Å². The lowest BCUT2D eigenvalue weighted by Gasteiger charge is -2.20. The summed E-state index contributed by atoms with van der Waals surface area (Å²) >= 11 is 0. The highest BCUT2D eigenvalue weighted by molar-refractivity contribution is 7.92. The maximum Gasteiger partial charge on any atom is 0.155 e. The van der Waals surface area contributed by atoms with Gasteiger partial charge in [-0.2, -0.15) is 0 Å². The van der Waals surface area contributed by atoms with Gasteiger partial charge in [0.15, 0.2) is 9.84 Å². The zero-order valence-corrected chi connectivity index (χ0v) is 8.89. The minimum Gasteiger partial charge on any atom is -0.395 e. The van der Waals surface area contributed by atoms with Crippen LogP contribution in [0.1, 0.15) is 32.6 Å². The number of rotatable bonds is 4. The number of aliphatic hydroxyl groups is 1. The predicted molar refractivity (Wildman–Crippen MR) is 52.3 cm³/mol. The van der Waals surface area contributed by atoms with E-state index in [4.69, 9.17) is 5.11 Å². The van der Waals surface area contributed by atoms with E-state index in [1.165, 1.54) is 0 Å². The molecule has 0 radical (unpaired) electrons. The van der Waals surface area contributed by atoms with Gasteiger partial charge in [-0.25, -0.2) is 8.42 Å². The summed E-state index contributed by atoms with van der Waals surface area (Å²) in [5.74, 6) is 0.351. The van der Waals surface area contributed by atoms with Gasteiger partial charge in [-0.15, -0.1) is 0 Å². The molecule has 3 nitrogen and oxygen atoms in total. The number of aliphatic hydroxyl groups excluding tert-OH is 1. The molecule has 13 heavy (non-hydrogen) atoms. The molecule has 0 bridgehead atoms. The van der Waals surface area contributed by atoms with Crippen LogP contribution in [0, 0.1) is 5.92 Å². The lowest BCUT2D eigenvalue weighted by molar-refractivity contribution is 0.260. The van der Waals surface area contributed by atoms with Crippen molar-refractivity contribution in [3.63, 3.8) is 0 Å². The highest BCUT2D eigenvalue weighted by atomic mass is 32.2. The molecule has 0 saturated heterocycles. The Morgan fingerprint density at radius 3 is 2.31 bits per heavy atom. The standard InChI is InChI=1S/C9H18O3S/c1-2-13(11,12)9(7-10)8-5-3-4-6-8/h8-10H,2-7H2,1H3/t9-/m0/s1. The summed E-state index contributed by atoms with van der Waals surface area (Å²) < 4.78 is 23.1. The van der Waals surface area contributed by atoms with Gasteiger partial charge in [-0.1, -0.05) is 19.8 Å². The van der Waals surface area contributed by atoms with Crippen LogP contribution in [0.4, 0.5) is 0 Å². The van der Waals surface area contributed by atoms with Gasteiger partial charge in [-0.3, -0.25) is 0 Å². The predicted octanol–water partition coefficient (Wildman–Crippen LogP) is 0.972. The number of hydrogen-bond acceptors (Lipinski definition) is 3. The van der Waals surface area contributed by atoms with E-state index >= 15 is 0 Å². The van der Waals surface area contributed by atoms with Crippen LogP contribution in [-0.4, -0.2) is 31.1 Å². The average Bonchev–Trinajstić information content (AvgIpc) is 2.58. The lowest BCUT2D eigenvalue weighted by atomic mass is 10.0. The van der Waals surface area contributed by atoms with Gasteiger partial charge in [0, 0.05) is 5.75 Å². The first kappa shape index (κ1) is 11.0.